The molecule has 1 amide bonds. The highest BCUT2D eigenvalue weighted by molar-refractivity contribution is 7.98. The van der Waals surface area contributed by atoms with Gasteiger partial charge in [0, 0.05) is 17.9 Å². The lowest BCUT2D eigenvalue weighted by Crippen LogP contribution is -2.37. The van der Waals surface area contributed by atoms with Gasteiger partial charge in [-0.25, -0.2) is 0 Å². The van der Waals surface area contributed by atoms with E-state index in [1.54, 1.807) is 11.8 Å². The van der Waals surface area contributed by atoms with E-state index in [-0.39, 0.29) is 5.91 Å². The molecule has 1 fully saturated rings. The zero-order valence-electron chi connectivity index (χ0n) is 12.0. The Bertz CT molecular complexity index is 521. The van der Waals surface area contributed by atoms with E-state index in [4.69, 9.17) is 5.11 Å². The highest BCUT2D eigenvalue weighted by Crippen LogP contribution is 2.24. The van der Waals surface area contributed by atoms with E-state index in [1.165, 1.54) is 0 Å². The summed E-state index contributed by atoms with van der Waals surface area (Å²) in [5.74, 6) is -0.867. The fourth-order valence-corrected chi connectivity index (χ4v) is 3.13. The Morgan fingerprint density at radius 1 is 1.43 bits per heavy atom. The second kappa shape index (κ2) is 7.47. The predicted octanol–water partition coefficient (Wildman–Crippen LogP) is 2.29. The zero-order chi connectivity index (χ0) is 15.2. The van der Waals surface area contributed by atoms with Gasteiger partial charge in [0.1, 0.15) is 6.04 Å². The van der Waals surface area contributed by atoms with Gasteiger partial charge in [-0.2, -0.15) is 0 Å². The summed E-state index contributed by atoms with van der Waals surface area (Å²) in [7, 11) is 0. The number of anilines is 1. The summed E-state index contributed by atoms with van der Waals surface area (Å²) in [4.78, 5) is 26.0. The first-order valence-electron chi connectivity index (χ1n) is 7.01. The molecule has 1 aliphatic heterocycles. The minimum atomic E-state index is -0.791. The van der Waals surface area contributed by atoms with E-state index >= 15 is 0 Å². The number of amides is 1. The molecule has 1 unspecified atom stereocenters. The van der Waals surface area contributed by atoms with Crippen LogP contribution in [0.15, 0.2) is 29.2 Å². The first-order chi connectivity index (χ1) is 10.1. The molecule has 1 atom stereocenters. The van der Waals surface area contributed by atoms with Gasteiger partial charge < -0.3 is 10.4 Å². The van der Waals surface area contributed by atoms with Crippen molar-refractivity contribution in [2.24, 2.45) is 0 Å². The number of rotatable bonds is 6. The van der Waals surface area contributed by atoms with Gasteiger partial charge in [0.05, 0.1) is 5.69 Å². The fourth-order valence-electron chi connectivity index (χ4n) is 2.58. The van der Waals surface area contributed by atoms with Crippen molar-refractivity contribution in [3.8, 4) is 0 Å². The van der Waals surface area contributed by atoms with Gasteiger partial charge in [0.15, 0.2) is 0 Å². The van der Waals surface area contributed by atoms with Crippen molar-refractivity contribution in [3.05, 3.63) is 24.3 Å². The van der Waals surface area contributed by atoms with Crippen LogP contribution in [0, 0.1) is 0 Å². The number of nitrogens with zero attached hydrogens (tertiary/aromatic N) is 1. The third kappa shape index (κ3) is 4.22. The monoisotopic (exact) mass is 308 g/mol. The number of hydrogen-bond donors (Lipinski definition) is 2. The van der Waals surface area contributed by atoms with Crippen molar-refractivity contribution in [2.45, 2.75) is 30.2 Å². The van der Waals surface area contributed by atoms with Gasteiger partial charge in [-0.1, -0.05) is 12.1 Å². The molecule has 0 aliphatic carbocycles. The van der Waals surface area contributed by atoms with Crippen molar-refractivity contribution in [1.29, 1.82) is 0 Å². The molecule has 21 heavy (non-hydrogen) atoms. The van der Waals surface area contributed by atoms with Crippen LogP contribution in [-0.4, -0.2) is 47.3 Å². The van der Waals surface area contributed by atoms with Gasteiger partial charge in [-0.3, -0.25) is 14.5 Å². The maximum atomic E-state index is 12.0. The number of para-hydroxylation sites is 1. The maximum absolute atomic E-state index is 12.0. The third-order valence-corrected chi connectivity index (χ3v) is 4.45. The van der Waals surface area contributed by atoms with Gasteiger partial charge >= 0.3 is 5.97 Å². The van der Waals surface area contributed by atoms with E-state index < -0.39 is 12.0 Å². The normalized spacial score (nSPS) is 18.6. The summed E-state index contributed by atoms with van der Waals surface area (Å²) in [6, 6.07) is 7.22. The number of aliphatic carboxylic acids is 1. The van der Waals surface area contributed by atoms with Gasteiger partial charge in [0.25, 0.3) is 0 Å². The highest BCUT2D eigenvalue weighted by Gasteiger charge is 2.30. The summed E-state index contributed by atoms with van der Waals surface area (Å²) >= 11 is 1.58. The fraction of sp³-hybridized carbons (Fsp3) is 0.467. The number of carbonyl (C=O) groups excluding carboxylic acids is 1. The van der Waals surface area contributed by atoms with Crippen LogP contribution in [0.25, 0.3) is 0 Å². The molecule has 1 heterocycles. The number of carboxylic acid groups (broad SMARTS) is 1. The SMILES string of the molecule is CSc1ccccc1NC(=O)CCN1CCCC1C(=O)O. The van der Waals surface area contributed by atoms with E-state index in [0.717, 1.165) is 23.5 Å². The minimum Gasteiger partial charge on any atom is -0.480 e. The van der Waals surface area contributed by atoms with Crippen LogP contribution in [0.4, 0.5) is 5.69 Å². The quantitative estimate of drug-likeness (QED) is 0.789. The molecular weight excluding hydrogens is 288 g/mol. The van der Waals surface area contributed by atoms with Crippen LogP contribution < -0.4 is 5.32 Å². The maximum Gasteiger partial charge on any atom is 0.320 e. The van der Waals surface area contributed by atoms with E-state index in [1.807, 2.05) is 35.4 Å². The van der Waals surface area contributed by atoms with E-state index in [9.17, 15) is 9.59 Å². The molecular formula is C15H20N2O3S. The largest absolute Gasteiger partial charge is 0.480 e. The molecule has 0 radical (unpaired) electrons. The lowest BCUT2D eigenvalue weighted by molar-refractivity contribution is -0.142. The molecule has 6 heteroatoms. The van der Waals surface area contributed by atoms with Crippen molar-refractivity contribution in [3.63, 3.8) is 0 Å². The van der Waals surface area contributed by atoms with Crippen molar-refractivity contribution in [2.75, 3.05) is 24.7 Å². The Morgan fingerprint density at radius 2 is 2.19 bits per heavy atom. The average Bonchev–Trinajstić information content (AvgIpc) is 2.94. The molecule has 0 spiro atoms. The molecule has 1 aromatic carbocycles. The third-order valence-electron chi connectivity index (χ3n) is 3.66. The lowest BCUT2D eigenvalue weighted by atomic mass is 10.2. The molecule has 1 saturated heterocycles. The van der Waals surface area contributed by atoms with Crippen LogP contribution in [0.3, 0.4) is 0 Å². The Morgan fingerprint density at radius 3 is 2.90 bits per heavy atom. The number of carboxylic acids is 1. The number of thioether (sulfide) groups is 1. The Hall–Kier alpha value is -1.53. The van der Waals surface area contributed by atoms with Crippen LogP contribution >= 0.6 is 11.8 Å². The Balaban J connectivity index is 1.86. The smallest absolute Gasteiger partial charge is 0.320 e. The number of carbonyl (C=O) groups is 2. The number of hydrogen-bond acceptors (Lipinski definition) is 4. The molecule has 0 bridgehead atoms. The second-order valence-electron chi connectivity index (χ2n) is 5.03. The molecule has 0 aromatic heterocycles. The minimum absolute atomic E-state index is 0.0764. The molecule has 2 N–H and O–H groups in total. The summed E-state index contributed by atoms with van der Waals surface area (Å²) in [6.45, 7) is 1.25. The number of benzene rings is 1. The Labute approximate surface area is 128 Å². The topological polar surface area (TPSA) is 69.6 Å². The van der Waals surface area contributed by atoms with Crippen LogP contribution in [-0.2, 0) is 9.59 Å². The van der Waals surface area contributed by atoms with Gasteiger partial charge in [-0.15, -0.1) is 11.8 Å². The molecule has 5 nitrogen and oxygen atoms in total. The van der Waals surface area contributed by atoms with Crippen molar-refractivity contribution < 1.29 is 14.7 Å². The molecule has 1 aromatic rings. The standard InChI is InChI=1S/C15H20N2O3S/c1-21-13-7-3-2-5-11(13)16-14(18)8-10-17-9-4-6-12(17)15(19)20/h2-3,5,7,12H,4,6,8-10H2,1H3,(H,16,18)(H,19,20). The second-order valence-corrected chi connectivity index (χ2v) is 5.88. The van der Waals surface area contributed by atoms with Gasteiger partial charge in [0.2, 0.25) is 5.91 Å². The van der Waals surface area contributed by atoms with E-state index in [2.05, 4.69) is 5.32 Å². The number of likely N-dealkylation sites (tertiary alicyclic amines) is 1. The first-order valence-corrected chi connectivity index (χ1v) is 8.24. The highest BCUT2D eigenvalue weighted by atomic mass is 32.2. The molecule has 114 valence electrons. The summed E-state index contributed by atoms with van der Waals surface area (Å²) < 4.78 is 0. The van der Waals surface area contributed by atoms with Crippen molar-refractivity contribution >= 4 is 29.3 Å². The Kier molecular flexibility index (Phi) is 5.64. The zero-order valence-corrected chi connectivity index (χ0v) is 12.9. The first kappa shape index (κ1) is 15.9. The van der Waals surface area contributed by atoms with E-state index in [0.29, 0.717) is 19.4 Å². The van der Waals surface area contributed by atoms with Crippen LogP contribution in [0.1, 0.15) is 19.3 Å². The molecule has 0 saturated carbocycles. The van der Waals surface area contributed by atoms with Crippen molar-refractivity contribution in [1.82, 2.24) is 4.90 Å². The number of nitrogens with one attached hydrogen (secondary N) is 1. The van der Waals surface area contributed by atoms with Crippen LogP contribution in [0.2, 0.25) is 0 Å². The molecule has 2 rings (SSSR count). The lowest BCUT2D eigenvalue weighted by Gasteiger charge is -2.20. The summed E-state index contributed by atoms with van der Waals surface area (Å²) in [6.07, 6.45) is 3.83. The summed E-state index contributed by atoms with van der Waals surface area (Å²) in [5.41, 5.74) is 0.811. The van der Waals surface area contributed by atoms with Gasteiger partial charge in [-0.05, 0) is 37.8 Å². The average molecular weight is 308 g/mol. The van der Waals surface area contributed by atoms with Crippen LogP contribution in [0.5, 0.6) is 0 Å². The predicted molar refractivity (Wildman–Crippen MR) is 83.7 cm³/mol. The summed E-state index contributed by atoms with van der Waals surface area (Å²) in [5, 5.41) is 12.0. The molecule has 1 aliphatic rings.